The Morgan fingerprint density at radius 1 is 0.941 bits per heavy atom. The Morgan fingerprint density at radius 2 is 1.47 bits per heavy atom. The van der Waals surface area contributed by atoms with E-state index in [1.54, 1.807) is 0 Å². The van der Waals surface area contributed by atoms with Crippen molar-refractivity contribution in [1.29, 1.82) is 0 Å². The van der Waals surface area contributed by atoms with Crippen molar-refractivity contribution in [3.8, 4) is 0 Å². The third kappa shape index (κ3) is 7.17. The Kier molecular flexibility index (Phi) is 8.79. The van der Waals surface area contributed by atoms with Crippen LogP contribution in [-0.2, 0) is 0 Å². The molecular weight excluding hydrogens is 206 g/mol. The fraction of sp³-hybridized carbons (Fsp3) is 0.625. The molecule has 0 saturated carbocycles. The Hall–Kier alpha value is -0.820. The van der Waals surface area contributed by atoms with Crippen LogP contribution in [0.25, 0.3) is 0 Å². The largest absolute Gasteiger partial charge is 0.306 e. The van der Waals surface area contributed by atoms with Gasteiger partial charge in [-0.2, -0.15) is 0 Å². The van der Waals surface area contributed by atoms with Crippen molar-refractivity contribution in [2.24, 2.45) is 0 Å². The molecule has 0 spiro atoms. The molecule has 0 unspecified atom stereocenters. The van der Waals surface area contributed by atoms with E-state index in [-0.39, 0.29) is 7.43 Å². The van der Waals surface area contributed by atoms with Crippen molar-refractivity contribution in [2.45, 2.75) is 46.5 Å². The zero-order valence-corrected chi connectivity index (χ0v) is 10.9. The van der Waals surface area contributed by atoms with Gasteiger partial charge in [-0.05, 0) is 44.5 Å². The van der Waals surface area contributed by atoms with Crippen molar-refractivity contribution in [2.75, 3.05) is 20.1 Å². The molecule has 1 aromatic rings. The van der Waals surface area contributed by atoms with Crippen molar-refractivity contribution < 1.29 is 0 Å². The quantitative estimate of drug-likeness (QED) is 0.690. The van der Waals surface area contributed by atoms with Crippen LogP contribution in [0.3, 0.4) is 0 Å². The first-order chi connectivity index (χ1) is 7.70. The molecule has 1 aliphatic rings. The van der Waals surface area contributed by atoms with E-state index < -0.39 is 0 Å². The first-order valence-electron chi connectivity index (χ1n) is 6.43. The van der Waals surface area contributed by atoms with Gasteiger partial charge in [0.2, 0.25) is 0 Å². The van der Waals surface area contributed by atoms with Gasteiger partial charge in [-0.25, -0.2) is 0 Å². The summed E-state index contributed by atoms with van der Waals surface area (Å²) in [6.45, 7) is 7.05. The second-order valence-electron chi connectivity index (χ2n) is 4.93. The minimum Gasteiger partial charge on any atom is -0.306 e. The molecule has 0 amide bonds. The maximum Gasteiger partial charge on any atom is -0.00218 e. The van der Waals surface area contributed by atoms with Gasteiger partial charge in [-0.15, -0.1) is 0 Å². The van der Waals surface area contributed by atoms with Gasteiger partial charge in [0, 0.05) is 0 Å². The Morgan fingerprint density at radius 3 is 1.76 bits per heavy atom. The number of hydrogen-bond donors (Lipinski definition) is 0. The second kappa shape index (κ2) is 9.23. The lowest BCUT2D eigenvalue weighted by atomic mass is 10.0. The van der Waals surface area contributed by atoms with Crippen molar-refractivity contribution in [1.82, 2.24) is 4.90 Å². The minimum absolute atomic E-state index is 0. The summed E-state index contributed by atoms with van der Waals surface area (Å²) in [7, 11) is 2.19. The summed E-state index contributed by atoms with van der Waals surface area (Å²) in [6.07, 6.45) is 4.28. The molecule has 1 aromatic carbocycles. The summed E-state index contributed by atoms with van der Waals surface area (Å²) >= 11 is 0. The number of rotatable bonds is 1. The topological polar surface area (TPSA) is 3.24 Å². The summed E-state index contributed by atoms with van der Waals surface area (Å²) < 4.78 is 0. The molecule has 98 valence electrons. The van der Waals surface area contributed by atoms with Crippen molar-refractivity contribution in [3.05, 3.63) is 35.9 Å². The van der Waals surface area contributed by atoms with Gasteiger partial charge in [-0.3, -0.25) is 0 Å². The highest BCUT2D eigenvalue weighted by atomic mass is 15.1. The van der Waals surface area contributed by atoms with Crippen LogP contribution in [0.5, 0.6) is 0 Å². The van der Waals surface area contributed by atoms with E-state index in [4.69, 9.17) is 0 Å². The first-order valence-corrected chi connectivity index (χ1v) is 6.43. The zero-order chi connectivity index (χ0) is 11.8. The number of likely N-dealkylation sites (tertiary alicyclic amines) is 1. The van der Waals surface area contributed by atoms with E-state index >= 15 is 0 Å². The third-order valence-corrected chi connectivity index (χ3v) is 3.05. The fourth-order valence-corrected chi connectivity index (χ4v) is 1.89. The van der Waals surface area contributed by atoms with Crippen LogP contribution in [-0.4, -0.2) is 25.0 Å². The molecule has 17 heavy (non-hydrogen) atoms. The molecular formula is C16H29N. The third-order valence-electron chi connectivity index (χ3n) is 3.05. The highest BCUT2D eigenvalue weighted by molar-refractivity contribution is 5.17. The van der Waals surface area contributed by atoms with E-state index in [0.717, 1.165) is 0 Å². The molecule has 0 bridgehead atoms. The van der Waals surface area contributed by atoms with Crippen LogP contribution < -0.4 is 0 Å². The van der Waals surface area contributed by atoms with E-state index in [9.17, 15) is 0 Å². The molecule has 1 heteroatoms. The maximum atomic E-state index is 2.39. The van der Waals surface area contributed by atoms with Crippen LogP contribution >= 0.6 is 0 Å². The summed E-state index contributed by atoms with van der Waals surface area (Å²) in [4.78, 5) is 2.39. The highest BCUT2D eigenvalue weighted by Crippen LogP contribution is 2.11. The molecule has 1 nitrogen and oxygen atoms in total. The van der Waals surface area contributed by atoms with Crippen LogP contribution in [0.15, 0.2) is 30.3 Å². The van der Waals surface area contributed by atoms with Crippen LogP contribution in [0.1, 0.15) is 52.0 Å². The lowest BCUT2D eigenvalue weighted by molar-refractivity contribution is 0.277. The van der Waals surface area contributed by atoms with Gasteiger partial charge in [0.15, 0.2) is 0 Å². The molecule has 1 saturated heterocycles. The fourth-order valence-electron chi connectivity index (χ4n) is 1.89. The van der Waals surface area contributed by atoms with Gasteiger partial charge >= 0.3 is 0 Å². The number of benzene rings is 1. The van der Waals surface area contributed by atoms with Crippen LogP contribution in [0.2, 0.25) is 0 Å². The summed E-state index contributed by atoms with van der Waals surface area (Å²) in [5, 5.41) is 0. The van der Waals surface area contributed by atoms with E-state index in [1.165, 1.54) is 37.9 Å². The summed E-state index contributed by atoms with van der Waals surface area (Å²) in [5.41, 5.74) is 1.41. The molecule has 0 aliphatic carbocycles. The van der Waals surface area contributed by atoms with Gasteiger partial charge < -0.3 is 4.90 Å². The van der Waals surface area contributed by atoms with Gasteiger partial charge in [-0.1, -0.05) is 58.0 Å². The molecule has 0 atom stereocenters. The maximum absolute atomic E-state index is 2.39. The van der Waals surface area contributed by atoms with Crippen molar-refractivity contribution >= 4 is 0 Å². The molecule has 2 rings (SSSR count). The lowest BCUT2D eigenvalue weighted by Crippen LogP contribution is -2.24. The predicted molar refractivity (Wildman–Crippen MR) is 78.6 cm³/mol. The Bertz CT molecular complexity index is 260. The summed E-state index contributed by atoms with van der Waals surface area (Å²) in [6, 6.07) is 10.5. The van der Waals surface area contributed by atoms with Gasteiger partial charge in [0.1, 0.15) is 0 Å². The van der Waals surface area contributed by atoms with Gasteiger partial charge in [0.05, 0.1) is 0 Å². The van der Waals surface area contributed by atoms with Crippen LogP contribution in [0.4, 0.5) is 0 Å². The molecule has 1 fully saturated rings. The average molecular weight is 235 g/mol. The average Bonchev–Trinajstić information content (AvgIpc) is 2.32. The number of piperidine rings is 1. The smallest absolute Gasteiger partial charge is 0.00218 e. The lowest BCUT2D eigenvalue weighted by Gasteiger charge is -2.20. The van der Waals surface area contributed by atoms with E-state index in [0.29, 0.717) is 5.92 Å². The number of nitrogens with zero attached hydrogens (tertiary/aromatic N) is 1. The van der Waals surface area contributed by atoms with Crippen molar-refractivity contribution in [3.63, 3.8) is 0 Å². The Labute approximate surface area is 108 Å². The molecule has 0 N–H and O–H groups in total. The Balaban J connectivity index is 0.000000292. The monoisotopic (exact) mass is 235 g/mol. The standard InChI is InChI=1S/C9H12.C6H13N.CH4/c1-8(2)9-6-4-3-5-7-9;1-7-5-3-2-4-6-7;/h3-8H,1-2H3;2-6H2,1H3;1H4. The second-order valence-corrected chi connectivity index (χ2v) is 4.93. The minimum atomic E-state index is 0. The van der Waals surface area contributed by atoms with Gasteiger partial charge in [0.25, 0.3) is 0 Å². The molecule has 1 aliphatic heterocycles. The van der Waals surface area contributed by atoms with E-state index in [2.05, 4.69) is 50.1 Å². The zero-order valence-electron chi connectivity index (χ0n) is 10.9. The first kappa shape index (κ1) is 16.2. The SMILES string of the molecule is C.CC(C)c1ccccc1.CN1CCCCC1. The summed E-state index contributed by atoms with van der Waals surface area (Å²) in [5.74, 6) is 0.659. The molecule has 0 aromatic heterocycles. The molecule has 0 radical (unpaired) electrons. The number of hydrogen-bond acceptors (Lipinski definition) is 1. The van der Waals surface area contributed by atoms with Crippen LogP contribution in [0, 0.1) is 0 Å². The van der Waals surface area contributed by atoms with E-state index in [1.807, 2.05) is 6.07 Å². The predicted octanol–water partition coefficient (Wildman–Crippen LogP) is 4.55. The molecule has 1 heterocycles. The normalized spacial score (nSPS) is 15.8. The highest BCUT2D eigenvalue weighted by Gasteiger charge is 2.02.